The molecule has 0 aliphatic carbocycles. The summed E-state index contributed by atoms with van der Waals surface area (Å²) in [6.07, 6.45) is 2.00. The summed E-state index contributed by atoms with van der Waals surface area (Å²) < 4.78 is 0. The van der Waals surface area contributed by atoms with Gasteiger partial charge in [-0.25, -0.2) is 9.97 Å². The molecular formula is C14H19N3S. The first kappa shape index (κ1) is 13.0. The van der Waals surface area contributed by atoms with Crippen molar-refractivity contribution in [3.05, 3.63) is 28.9 Å². The number of aryl methyl sites for hydroxylation is 2. The van der Waals surface area contributed by atoms with Crippen LogP contribution < -0.4 is 5.32 Å². The summed E-state index contributed by atoms with van der Waals surface area (Å²) in [7, 11) is 0. The lowest BCUT2D eigenvalue weighted by atomic mass is 10.2. The first-order valence-corrected chi connectivity index (χ1v) is 7.28. The number of aromatic nitrogens is 2. The van der Waals surface area contributed by atoms with Crippen molar-refractivity contribution < 1.29 is 0 Å². The Balaban J connectivity index is 2.42. The second kappa shape index (κ2) is 5.96. The van der Waals surface area contributed by atoms with Crippen molar-refractivity contribution >= 4 is 17.2 Å². The van der Waals surface area contributed by atoms with E-state index in [9.17, 15) is 0 Å². The summed E-state index contributed by atoms with van der Waals surface area (Å²) in [5.74, 6) is 1.86. The zero-order chi connectivity index (χ0) is 13.0. The van der Waals surface area contributed by atoms with E-state index in [1.54, 1.807) is 11.3 Å². The zero-order valence-electron chi connectivity index (χ0n) is 11.2. The van der Waals surface area contributed by atoms with Gasteiger partial charge in [0.15, 0.2) is 0 Å². The maximum atomic E-state index is 4.67. The number of anilines is 1. The highest BCUT2D eigenvalue weighted by Gasteiger charge is 2.09. The maximum Gasteiger partial charge on any atom is 0.131 e. The molecule has 18 heavy (non-hydrogen) atoms. The van der Waals surface area contributed by atoms with Gasteiger partial charge in [0, 0.05) is 19.0 Å². The fourth-order valence-corrected chi connectivity index (χ4v) is 2.74. The molecule has 0 amide bonds. The molecule has 0 bridgehead atoms. The summed E-state index contributed by atoms with van der Waals surface area (Å²) in [4.78, 5) is 10.4. The minimum Gasteiger partial charge on any atom is -0.370 e. The Morgan fingerprint density at radius 1 is 1.28 bits per heavy atom. The number of hydrogen-bond donors (Lipinski definition) is 1. The Bertz CT molecular complexity index is 495. The lowest BCUT2D eigenvalue weighted by Crippen LogP contribution is -2.04. The van der Waals surface area contributed by atoms with Crippen molar-refractivity contribution in [2.24, 2.45) is 0 Å². The number of nitrogens with zero attached hydrogens (tertiary/aromatic N) is 2. The smallest absolute Gasteiger partial charge is 0.131 e. The zero-order valence-corrected chi connectivity index (χ0v) is 12.0. The van der Waals surface area contributed by atoms with Crippen molar-refractivity contribution in [3.8, 4) is 10.6 Å². The van der Waals surface area contributed by atoms with Gasteiger partial charge in [0.25, 0.3) is 0 Å². The molecule has 1 N–H and O–H groups in total. The molecule has 2 rings (SSSR count). The molecule has 96 valence electrons. The average Bonchev–Trinajstić information content (AvgIpc) is 2.76. The number of nitrogens with one attached hydrogen (secondary N) is 1. The fraction of sp³-hybridized carbons (Fsp3) is 0.429. The second-order valence-electron chi connectivity index (χ2n) is 4.27. The molecule has 3 nitrogen and oxygen atoms in total. The van der Waals surface area contributed by atoms with Crippen molar-refractivity contribution in [1.29, 1.82) is 0 Å². The van der Waals surface area contributed by atoms with Gasteiger partial charge in [-0.1, -0.05) is 6.92 Å². The van der Waals surface area contributed by atoms with E-state index in [2.05, 4.69) is 47.5 Å². The topological polar surface area (TPSA) is 37.8 Å². The van der Waals surface area contributed by atoms with Gasteiger partial charge in [-0.3, -0.25) is 0 Å². The highest BCUT2D eigenvalue weighted by atomic mass is 32.1. The van der Waals surface area contributed by atoms with Crippen LogP contribution in [0.4, 0.5) is 5.82 Å². The Morgan fingerprint density at radius 2 is 2.11 bits per heavy atom. The van der Waals surface area contributed by atoms with E-state index in [4.69, 9.17) is 0 Å². The fourth-order valence-electron chi connectivity index (χ4n) is 1.86. The minimum absolute atomic E-state index is 0.880. The molecule has 2 aromatic rings. The van der Waals surface area contributed by atoms with E-state index < -0.39 is 0 Å². The minimum atomic E-state index is 0.880. The highest BCUT2D eigenvalue weighted by Crippen LogP contribution is 2.28. The summed E-state index contributed by atoms with van der Waals surface area (Å²) in [6, 6.07) is 4.18. The number of hydrogen-bond acceptors (Lipinski definition) is 4. The molecular weight excluding hydrogens is 242 g/mol. The maximum absolute atomic E-state index is 4.67. The molecule has 0 saturated carbocycles. The molecule has 0 aliphatic heterocycles. The molecule has 0 unspecified atom stereocenters. The van der Waals surface area contributed by atoms with Gasteiger partial charge < -0.3 is 5.32 Å². The highest BCUT2D eigenvalue weighted by molar-refractivity contribution is 7.13. The Kier molecular flexibility index (Phi) is 4.31. The summed E-state index contributed by atoms with van der Waals surface area (Å²) in [5, 5.41) is 5.39. The molecule has 0 spiro atoms. The average molecular weight is 261 g/mol. The lowest BCUT2D eigenvalue weighted by Gasteiger charge is -2.08. The van der Waals surface area contributed by atoms with Crippen LogP contribution in [-0.2, 0) is 6.42 Å². The summed E-state index contributed by atoms with van der Waals surface area (Å²) in [5.41, 5.74) is 2.32. The predicted octanol–water partition coefficient (Wildman–Crippen LogP) is 3.90. The molecule has 2 aromatic heterocycles. The standard InChI is InChI=1S/C14H19N3S/c1-4-6-12-16-11(9-13(17-12)15-5-2)14-10(3)7-8-18-14/h7-9H,4-6H2,1-3H3,(H,15,16,17). The van der Waals surface area contributed by atoms with E-state index in [1.165, 1.54) is 10.4 Å². The molecule has 0 saturated heterocycles. The summed E-state index contributed by atoms with van der Waals surface area (Å²) >= 11 is 1.74. The van der Waals surface area contributed by atoms with Gasteiger partial charge in [-0.15, -0.1) is 11.3 Å². The van der Waals surface area contributed by atoms with Crippen LogP contribution in [0.2, 0.25) is 0 Å². The van der Waals surface area contributed by atoms with Crippen molar-refractivity contribution in [2.45, 2.75) is 33.6 Å². The van der Waals surface area contributed by atoms with E-state index in [0.717, 1.165) is 36.7 Å². The molecule has 0 atom stereocenters. The van der Waals surface area contributed by atoms with Gasteiger partial charge in [0.2, 0.25) is 0 Å². The van der Waals surface area contributed by atoms with Gasteiger partial charge in [0.05, 0.1) is 10.6 Å². The van der Waals surface area contributed by atoms with E-state index in [1.807, 2.05) is 6.07 Å². The molecule has 4 heteroatoms. The van der Waals surface area contributed by atoms with Crippen LogP contribution in [0.25, 0.3) is 10.6 Å². The SMILES string of the molecule is CCCc1nc(NCC)cc(-c2sccc2C)n1. The van der Waals surface area contributed by atoms with Gasteiger partial charge in [0.1, 0.15) is 11.6 Å². The Hall–Kier alpha value is -1.42. The summed E-state index contributed by atoms with van der Waals surface area (Å²) in [6.45, 7) is 7.24. The number of rotatable bonds is 5. The third-order valence-corrected chi connectivity index (χ3v) is 3.74. The molecule has 0 radical (unpaired) electrons. The molecule has 0 fully saturated rings. The molecule has 0 aliphatic rings. The first-order chi connectivity index (χ1) is 8.74. The molecule has 2 heterocycles. The van der Waals surface area contributed by atoms with Crippen molar-refractivity contribution in [3.63, 3.8) is 0 Å². The van der Waals surface area contributed by atoms with Crippen LogP contribution in [0.3, 0.4) is 0 Å². The third-order valence-electron chi connectivity index (χ3n) is 2.70. The van der Waals surface area contributed by atoms with Crippen LogP contribution in [0.15, 0.2) is 17.5 Å². The second-order valence-corrected chi connectivity index (χ2v) is 5.18. The van der Waals surface area contributed by atoms with Crippen LogP contribution in [0.1, 0.15) is 31.7 Å². The van der Waals surface area contributed by atoms with Crippen molar-refractivity contribution in [2.75, 3.05) is 11.9 Å². The van der Waals surface area contributed by atoms with Gasteiger partial charge >= 0.3 is 0 Å². The van der Waals surface area contributed by atoms with E-state index in [0.29, 0.717) is 0 Å². The quantitative estimate of drug-likeness (QED) is 0.887. The largest absolute Gasteiger partial charge is 0.370 e. The Labute approximate surface area is 112 Å². The monoisotopic (exact) mass is 261 g/mol. The van der Waals surface area contributed by atoms with Crippen molar-refractivity contribution in [1.82, 2.24) is 9.97 Å². The van der Waals surface area contributed by atoms with Crippen LogP contribution in [0, 0.1) is 6.92 Å². The van der Waals surface area contributed by atoms with Crippen LogP contribution >= 0.6 is 11.3 Å². The molecule has 0 aromatic carbocycles. The van der Waals surface area contributed by atoms with Crippen LogP contribution in [0.5, 0.6) is 0 Å². The van der Waals surface area contributed by atoms with Gasteiger partial charge in [-0.2, -0.15) is 0 Å². The van der Waals surface area contributed by atoms with E-state index >= 15 is 0 Å². The lowest BCUT2D eigenvalue weighted by molar-refractivity contribution is 0.837. The Morgan fingerprint density at radius 3 is 2.72 bits per heavy atom. The third kappa shape index (κ3) is 2.88. The number of thiophene rings is 1. The van der Waals surface area contributed by atoms with E-state index in [-0.39, 0.29) is 0 Å². The van der Waals surface area contributed by atoms with Gasteiger partial charge in [-0.05, 0) is 37.3 Å². The predicted molar refractivity (Wildman–Crippen MR) is 78.2 cm³/mol. The van der Waals surface area contributed by atoms with Crippen LogP contribution in [-0.4, -0.2) is 16.5 Å². The first-order valence-electron chi connectivity index (χ1n) is 6.40. The normalized spacial score (nSPS) is 10.6.